The average Bonchev–Trinajstić information content (AvgIpc) is 2.94. The molecule has 0 nitrogen and oxygen atoms in total. The number of hydrogen-bond acceptors (Lipinski definition) is 0. The summed E-state index contributed by atoms with van der Waals surface area (Å²) >= 11 is 0. The van der Waals surface area contributed by atoms with Crippen LogP contribution in [0.4, 0.5) is 0 Å². The molecule has 0 aromatic heterocycles. The van der Waals surface area contributed by atoms with Gasteiger partial charge in [-0.15, -0.1) is 19.7 Å². The van der Waals surface area contributed by atoms with Gasteiger partial charge in [0.1, 0.15) is 0 Å². The van der Waals surface area contributed by atoms with Crippen molar-refractivity contribution < 1.29 is 0 Å². The zero-order valence-electron chi connectivity index (χ0n) is 41.3. The van der Waals surface area contributed by atoms with Crippen LogP contribution in [0.15, 0.2) is 56.2 Å². The summed E-state index contributed by atoms with van der Waals surface area (Å²) in [6.45, 7) is 72.3. The van der Waals surface area contributed by atoms with Crippen molar-refractivity contribution in [3.8, 4) is 0 Å². The summed E-state index contributed by atoms with van der Waals surface area (Å²) in [5, 5.41) is 0. The highest BCUT2D eigenvalue weighted by molar-refractivity contribution is 5.43. The van der Waals surface area contributed by atoms with Gasteiger partial charge in [-0.2, -0.15) is 0 Å². The Bertz CT molecular complexity index is 1260. The molecule has 0 heterocycles. The van der Waals surface area contributed by atoms with Crippen LogP contribution in [-0.2, 0) is 16.2 Å². The molecule has 0 bridgehead atoms. The third kappa shape index (κ3) is 9.75. The van der Waals surface area contributed by atoms with E-state index in [4.69, 9.17) is 0 Å². The number of allylic oxidation sites excluding steroid dienone is 3. The second-order valence-corrected chi connectivity index (χ2v) is 25.6. The number of hydrogen-bond donors (Lipinski definition) is 0. The molecule has 0 spiro atoms. The molecule has 0 aliphatic heterocycles. The standard InChI is InChI=1S/C54H96/c1-28-31-43(4,5)46(10,11)37-49(16,17)52(22,23)40-34-41(53(24,25)50(18,19)38-47(12,13)44(6,7)32-29-2)36-42(35-40)54(26,27)51(20,21)39-48(14,15)45(8,9)33-30-3/h28-30,34-36H,1-3,31-33,37-39H2,4-27H3. The minimum absolute atomic E-state index is 0.0254. The maximum absolute atomic E-state index is 4.14. The van der Waals surface area contributed by atoms with Gasteiger partial charge in [0.15, 0.2) is 0 Å². The first-order chi connectivity index (χ1) is 23.6. The summed E-state index contributed by atoms with van der Waals surface area (Å²) in [4.78, 5) is 0. The Labute approximate surface area is 341 Å². The van der Waals surface area contributed by atoms with Gasteiger partial charge in [-0.3, -0.25) is 0 Å². The van der Waals surface area contributed by atoms with E-state index in [1.165, 1.54) is 16.7 Å². The van der Waals surface area contributed by atoms with Crippen LogP contribution < -0.4 is 0 Å². The summed E-state index contributed by atoms with van der Waals surface area (Å²) in [6, 6.07) is 7.91. The summed E-state index contributed by atoms with van der Waals surface area (Å²) in [7, 11) is 0. The van der Waals surface area contributed by atoms with Gasteiger partial charge in [-0.25, -0.2) is 0 Å². The Morgan fingerprint density at radius 2 is 0.463 bits per heavy atom. The summed E-state index contributed by atoms with van der Waals surface area (Å²) in [5.74, 6) is 0. The zero-order chi connectivity index (χ0) is 43.2. The van der Waals surface area contributed by atoms with Gasteiger partial charge in [0.05, 0.1) is 0 Å². The molecule has 0 amide bonds. The van der Waals surface area contributed by atoms with E-state index in [2.05, 4.69) is 222 Å². The van der Waals surface area contributed by atoms with E-state index in [9.17, 15) is 0 Å². The molecule has 0 saturated heterocycles. The van der Waals surface area contributed by atoms with Crippen molar-refractivity contribution in [3.05, 3.63) is 72.9 Å². The van der Waals surface area contributed by atoms with Crippen LogP contribution in [0.3, 0.4) is 0 Å². The maximum atomic E-state index is 4.14. The van der Waals surface area contributed by atoms with E-state index in [-0.39, 0.29) is 65.0 Å². The van der Waals surface area contributed by atoms with Crippen molar-refractivity contribution in [3.63, 3.8) is 0 Å². The lowest BCUT2D eigenvalue weighted by Crippen LogP contribution is -2.46. The lowest BCUT2D eigenvalue weighted by molar-refractivity contribution is 0.0208. The highest BCUT2D eigenvalue weighted by Gasteiger charge is 2.51. The Morgan fingerprint density at radius 3 is 0.611 bits per heavy atom. The molecule has 0 unspecified atom stereocenters. The van der Waals surface area contributed by atoms with Crippen LogP contribution in [-0.4, -0.2) is 0 Å². The SMILES string of the molecule is C=CCC(C)(C)C(C)(C)CC(C)(C)C(C)(C)c1cc(C(C)(C)C(C)(C)CC(C)(C)C(C)(C)CC=C)cc(C(C)(C)C(C)(C)CC(C)(C)C(C)(C)CC=C)c1. The molecule has 0 saturated carbocycles. The molecular weight excluding hydrogens is 649 g/mol. The van der Waals surface area contributed by atoms with Crippen molar-refractivity contribution in [1.82, 2.24) is 0 Å². The number of rotatable bonds is 21. The van der Waals surface area contributed by atoms with Crippen LogP contribution in [0.5, 0.6) is 0 Å². The van der Waals surface area contributed by atoms with Gasteiger partial charge in [0, 0.05) is 0 Å². The molecular formula is C54H96. The first-order valence-electron chi connectivity index (χ1n) is 21.6. The minimum atomic E-state index is -0.0871. The molecule has 1 rings (SSSR count). The molecule has 54 heavy (non-hydrogen) atoms. The van der Waals surface area contributed by atoms with Gasteiger partial charge in [0.2, 0.25) is 0 Å². The fourth-order valence-electron chi connectivity index (χ4n) is 9.49. The monoisotopic (exact) mass is 745 g/mol. The second-order valence-electron chi connectivity index (χ2n) is 25.6. The Balaban J connectivity index is 4.24. The molecule has 0 radical (unpaired) electrons. The molecule has 0 atom stereocenters. The smallest absolute Gasteiger partial charge is 0.00520 e. The third-order valence-corrected chi connectivity index (χ3v) is 18.3. The summed E-state index contributed by atoms with van der Waals surface area (Å²) < 4.78 is 0. The predicted octanol–water partition coefficient (Wildman–Crippen LogP) is 17.7. The molecule has 1 aromatic carbocycles. The van der Waals surface area contributed by atoms with Gasteiger partial charge >= 0.3 is 0 Å². The van der Waals surface area contributed by atoms with E-state index in [1.54, 1.807) is 0 Å². The van der Waals surface area contributed by atoms with E-state index in [0.717, 1.165) is 38.5 Å². The lowest BCUT2D eigenvalue weighted by Gasteiger charge is -2.54. The Morgan fingerprint density at radius 1 is 0.296 bits per heavy atom. The Kier molecular flexibility index (Phi) is 14.6. The van der Waals surface area contributed by atoms with E-state index >= 15 is 0 Å². The first-order valence-corrected chi connectivity index (χ1v) is 21.6. The quantitative estimate of drug-likeness (QED) is 0.110. The van der Waals surface area contributed by atoms with Crippen molar-refractivity contribution in [1.29, 1.82) is 0 Å². The third-order valence-electron chi connectivity index (χ3n) is 18.3. The summed E-state index contributed by atoms with van der Waals surface area (Å²) in [6.07, 6.45) is 12.8. The fourth-order valence-corrected chi connectivity index (χ4v) is 9.49. The molecule has 312 valence electrons. The first kappa shape index (κ1) is 50.5. The lowest BCUT2D eigenvalue weighted by atomic mass is 9.51. The van der Waals surface area contributed by atoms with Crippen LogP contribution in [0, 0.1) is 48.7 Å². The number of benzene rings is 1. The predicted molar refractivity (Wildman–Crippen MR) is 248 cm³/mol. The molecule has 0 aliphatic rings. The Hall–Kier alpha value is -1.56. The van der Waals surface area contributed by atoms with Crippen LogP contribution >= 0.6 is 0 Å². The van der Waals surface area contributed by atoms with Crippen molar-refractivity contribution >= 4 is 0 Å². The van der Waals surface area contributed by atoms with E-state index < -0.39 is 0 Å². The van der Waals surface area contributed by atoms with Crippen LogP contribution in [0.25, 0.3) is 0 Å². The molecule has 0 N–H and O–H groups in total. The van der Waals surface area contributed by atoms with Gasteiger partial charge in [-0.05, 0) is 120 Å². The van der Waals surface area contributed by atoms with Crippen LogP contribution in [0.1, 0.15) is 221 Å². The molecule has 0 fully saturated rings. The van der Waals surface area contributed by atoms with Crippen LogP contribution in [0.2, 0.25) is 0 Å². The normalized spacial score (nSPS) is 15.3. The van der Waals surface area contributed by atoms with E-state index in [0.29, 0.717) is 0 Å². The molecule has 0 aliphatic carbocycles. The van der Waals surface area contributed by atoms with Crippen molar-refractivity contribution in [2.75, 3.05) is 0 Å². The maximum Gasteiger partial charge on any atom is -0.00520 e. The second kappa shape index (κ2) is 15.7. The van der Waals surface area contributed by atoms with Crippen molar-refractivity contribution in [2.24, 2.45) is 48.7 Å². The van der Waals surface area contributed by atoms with Gasteiger partial charge in [-0.1, -0.05) is 203 Å². The fraction of sp³-hybridized carbons (Fsp3) is 0.778. The topological polar surface area (TPSA) is 0 Å². The summed E-state index contributed by atoms with van der Waals surface area (Å²) in [5.41, 5.74) is 5.04. The van der Waals surface area contributed by atoms with Gasteiger partial charge < -0.3 is 0 Å². The average molecular weight is 745 g/mol. The molecule has 1 aromatic rings. The molecule has 0 heteroatoms. The largest absolute Gasteiger partial charge is 0.103 e. The highest BCUT2D eigenvalue weighted by atomic mass is 14.6. The van der Waals surface area contributed by atoms with Gasteiger partial charge in [0.25, 0.3) is 0 Å². The highest BCUT2D eigenvalue weighted by Crippen LogP contribution is 2.59. The van der Waals surface area contributed by atoms with E-state index in [1.807, 2.05) is 0 Å². The zero-order valence-corrected chi connectivity index (χ0v) is 41.3. The minimum Gasteiger partial charge on any atom is -0.103 e. The van der Waals surface area contributed by atoms with Crippen molar-refractivity contribution in [2.45, 2.75) is 221 Å².